The third-order valence-electron chi connectivity index (χ3n) is 1.54. The van der Waals surface area contributed by atoms with E-state index in [0.717, 1.165) is 18.2 Å². The molecule has 0 amide bonds. The average Bonchev–Trinajstić information content (AvgIpc) is 2.15. The maximum atomic E-state index is 12.9. The number of carbonyl (C=O) groups excluding carboxylic acids is 1. The van der Waals surface area contributed by atoms with Gasteiger partial charge in [0.25, 0.3) is 0 Å². The van der Waals surface area contributed by atoms with Crippen molar-refractivity contribution >= 4 is 11.5 Å². The van der Waals surface area contributed by atoms with Crippen molar-refractivity contribution < 1.29 is 14.1 Å². The molecule has 0 saturated heterocycles. The Morgan fingerprint density at radius 2 is 2.21 bits per heavy atom. The summed E-state index contributed by atoms with van der Waals surface area (Å²) in [6.07, 6.45) is 4.80. The molecule has 1 aromatic rings. The molecule has 0 bridgehead atoms. The van der Waals surface area contributed by atoms with E-state index in [-0.39, 0.29) is 5.56 Å². The summed E-state index contributed by atoms with van der Waals surface area (Å²) in [4.78, 5) is 20.2. The highest BCUT2D eigenvalue weighted by Crippen LogP contribution is 2.17. The van der Waals surface area contributed by atoms with Crippen LogP contribution in [-0.2, 0) is 0 Å². The summed E-state index contributed by atoms with van der Waals surface area (Å²) in [6.45, 7) is 0. The molecule has 0 saturated carbocycles. The summed E-state index contributed by atoms with van der Waals surface area (Å²) in [7, 11) is 0. The maximum Gasteiger partial charge on any atom is 0.304 e. The van der Waals surface area contributed by atoms with Crippen LogP contribution < -0.4 is 0 Å². The summed E-state index contributed by atoms with van der Waals surface area (Å²) < 4.78 is 12.9. The quantitative estimate of drug-likeness (QED) is 0.235. The Bertz CT molecular complexity index is 448. The van der Waals surface area contributed by atoms with Gasteiger partial charge in [-0.3, -0.25) is 14.9 Å². The van der Waals surface area contributed by atoms with E-state index in [9.17, 15) is 19.3 Å². The Balaban J connectivity index is 3.21. The van der Waals surface area contributed by atoms with E-state index in [4.69, 9.17) is 6.42 Å². The van der Waals surface area contributed by atoms with Crippen molar-refractivity contribution in [3.8, 4) is 12.3 Å². The Morgan fingerprint density at radius 3 is 2.64 bits per heavy atom. The highest BCUT2D eigenvalue weighted by molar-refractivity contribution is 6.08. The molecular formula is C9H4FNO3. The summed E-state index contributed by atoms with van der Waals surface area (Å²) >= 11 is 0. The molecular weight excluding hydrogens is 189 g/mol. The zero-order valence-electron chi connectivity index (χ0n) is 6.86. The summed E-state index contributed by atoms with van der Waals surface area (Å²) in [5.41, 5.74) is -0.755. The molecule has 14 heavy (non-hydrogen) atoms. The van der Waals surface area contributed by atoms with E-state index in [1.165, 1.54) is 0 Å². The number of halogens is 1. The first kappa shape index (κ1) is 9.86. The minimum absolute atomic E-state index is 0.0735. The third-order valence-corrected chi connectivity index (χ3v) is 1.54. The number of benzene rings is 1. The largest absolute Gasteiger partial charge is 0.304 e. The van der Waals surface area contributed by atoms with Crippen LogP contribution in [0.3, 0.4) is 0 Å². The van der Waals surface area contributed by atoms with Crippen LogP contribution in [0.2, 0.25) is 0 Å². The minimum atomic E-state index is -1.07. The molecule has 0 aliphatic heterocycles. The first-order valence-corrected chi connectivity index (χ1v) is 3.51. The molecule has 0 N–H and O–H groups in total. The van der Waals surface area contributed by atoms with Crippen LogP contribution in [-0.4, -0.2) is 10.7 Å². The van der Waals surface area contributed by atoms with Crippen LogP contribution in [0.15, 0.2) is 18.2 Å². The number of nitro benzene ring substituents is 1. The number of hydrogen-bond donors (Lipinski definition) is 0. The lowest BCUT2D eigenvalue weighted by atomic mass is 10.1. The van der Waals surface area contributed by atoms with Gasteiger partial charge in [-0.25, -0.2) is 0 Å². The van der Waals surface area contributed by atoms with Gasteiger partial charge in [-0.15, -0.1) is 6.42 Å². The molecule has 0 aliphatic carbocycles. The number of Topliss-reactive ketones (excluding diaryl/α,β-unsaturated/α-hetero) is 1. The van der Waals surface area contributed by atoms with E-state index in [0.29, 0.717) is 0 Å². The van der Waals surface area contributed by atoms with Gasteiger partial charge in [0.15, 0.2) is 0 Å². The standard InChI is InChI=1S/C9H4FNO3/c1-2-9(12)6-3-4-8(11(13)14)7(10)5-6/h1,3-5H. The van der Waals surface area contributed by atoms with Gasteiger partial charge in [-0.05, 0) is 18.1 Å². The maximum absolute atomic E-state index is 12.9. The molecule has 0 atom stereocenters. The van der Waals surface area contributed by atoms with Crippen LogP contribution in [0.25, 0.3) is 0 Å². The summed E-state index contributed by atoms with van der Waals surface area (Å²) in [6, 6.07) is 2.77. The van der Waals surface area contributed by atoms with Gasteiger partial charge in [0, 0.05) is 11.6 Å². The fourth-order valence-electron chi connectivity index (χ4n) is 0.880. The van der Waals surface area contributed by atoms with Gasteiger partial charge in [0.2, 0.25) is 11.6 Å². The topological polar surface area (TPSA) is 60.2 Å². The van der Waals surface area contributed by atoms with Crippen molar-refractivity contribution in [2.24, 2.45) is 0 Å². The van der Waals surface area contributed by atoms with Crippen molar-refractivity contribution in [3.05, 3.63) is 39.7 Å². The van der Waals surface area contributed by atoms with Crippen LogP contribution in [0.5, 0.6) is 0 Å². The Labute approximate surface area is 78.5 Å². The zero-order valence-corrected chi connectivity index (χ0v) is 6.86. The lowest BCUT2D eigenvalue weighted by molar-refractivity contribution is -0.387. The van der Waals surface area contributed by atoms with Crippen LogP contribution in [0, 0.1) is 28.3 Å². The molecule has 0 heterocycles. The first-order valence-electron chi connectivity index (χ1n) is 3.51. The average molecular weight is 193 g/mol. The van der Waals surface area contributed by atoms with Crippen LogP contribution in [0.1, 0.15) is 10.4 Å². The minimum Gasteiger partial charge on any atom is -0.279 e. The monoisotopic (exact) mass is 193 g/mol. The molecule has 1 aromatic carbocycles. The fraction of sp³-hybridized carbons (Fsp3) is 0. The second kappa shape index (κ2) is 3.66. The Hall–Kier alpha value is -2.22. The lowest BCUT2D eigenvalue weighted by Gasteiger charge is -1.95. The predicted molar refractivity (Wildman–Crippen MR) is 46.2 cm³/mol. The molecule has 70 valence electrons. The van der Waals surface area contributed by atoms with Gasteiger partial charge in [0.1, 0.15) is 0 Å². The lowest BCUT2D eigenvalue weighted by Crippen LogP contribution is -1.98. The van der Waals surface area contributed by atoms with E-state index in [2.05, 4.69) is 0 Å². The van der Waals surface area contributed by atoms with Crippen molar-refractivity contribution in [1.82, 2.24) is 0 Å². The molecule has 0 aliphatic rings. The normalized spacial score (nSPS) is 9.14. The number of rotatable bonds is 2. The van der Waals surface area contributed by atoms with Crippen molar-refractivity contribution in [2.75, 3.05) is 0 Å². The molecule has 0 aromatic heterocycles. The third kappa shape index (κ3) is 1.75. The first-order chi connectivity index (χ1) is 6.56. The second-order valence-corrected chi connectivity index (χ2v) is 2.40. The second-order valence-electron chi connectivity index (χ2n) is 2.40. The van der Waals surface area contributed by atoms with Gasteiger partial charge < -0.3 is 0 Å². The SMILES string of the molecule is C#CC(=O)c1ccc([N+](=O)[O-])c(F)c1. The smallest absolute Gasteiger partial charge is 0.279 e. The molecule has 0 spiro atoms. The van der Waals surface area contributed by atoms with Gasteiger partial charge in [0.05, 0.1) is 4.92 Å². The molecule has 0 fully saturated rings. The van der Waals surface area contributed by atoms with Crippen LogP contribution >= 0.6 is 0 Å². The number of terminal acetylenes is 1. The van der Waals surface area contributed by atoms with Gasteiger partial charge in [-0.2, -0.15) is 4.39 Å². The van der Waals surface area contributed by atoms with E-state index in [1.807, 2.05) is 0 Å². The highest BCUT2D eigenvalue weighted by atomic mass is 19.1. The van der Waals surface area contributed by atoms with Crippen molar-refractivity contribution in [1.29, 1.82) is 0 Å². The molecule has 1 rings (SSSR count). The van der Waals surface area contributed by atoms with Crippen molar-refractivity contribution in [2.45, 2.75) is 0 Å². The number of hydrogen-bond acceptors (Lipinski definition) is 3. The number of carbonyl (C=O) groups is 1. The summed E-state index contributed by atoms with van der Waals surface area (Å²) in [5, 5.41) is 10.2. The molecule has 5 heteroatoms. The van der Waals surface area contributed by atoms with Gasteiger partial charge >= 0.3 is 5.69 Å². The van der Waals surface area contributed by atoms with E-state index < -0.39 is 22.2 Å². The predicted octanol–water partition coefficient (Wildman–Crippen LogP) is 1.55. The van der Waals surface area contributed by atoms with E-state index >= 15 is 0 Å². The van der Waals surface area contributed by atoms with Crippen molar-refractivity contribution in [3.63, 3.8) is 0 Å². The Morgan fingerprint density at radius 1 is 1.57 bits per heavy atom. The number of nitrogens with zero attached hydrogens (tertiary/aromatic N) is 1. The van der Waals surface area contributed by atoms with E-state index in [1.54, 1.807) is 5.92 Å². The highest BCUT2D eigenvalue weighted by Gasteiger charge is 2.15. The Kier molecular flexibility index (Phi) is 2.58. The zero-order chi connectivity index (χ0) is 10.7. The van der Waals surface area contributed by atoms with Gasteiger partial charge in [-0.1, -0.05) is 0 Å². The summed E-state index contributed by atoms with van der Waals surface area (Å²) in [5.74, 6) is -0.000793. The fourth-order valence-corrected chi connectivity index (χ4v) is 0.880. The number of nitro groups is 1. The molecule has 0 radical (unpaired) electrons. The number of ketones is 1. The molecule has 4 nitrogen and oxygen atoms in total. The molecule has 0 unspecified atom stereocenters. The van der Waals surface area contributed by atoms with Crippen LogP contribution in [0.4, 0.5) is 10.1 Å².